The molecule has 0 aromatic heterocycles. The van der Waals surface area contributed by atoms with Crippen molar-refractivity contribution in [1.82, 2.24) is 0 Å². The molecule has 3 aromatic carbocycles. The first-order valence-corrected chi connectivity index (χ1v) is 8.96. The maximum absolute atomic E-state index is 12.5. The Labute approximate surface area is 141 Å². The zero-order chi connectivity index (χ0) is 17.0. The lowest BCUT2D eigenvalue weighted by Gasteiger charge is -2.17. The molecule has 4 nitrogen and oxygen atoms in total. The summed E-state index contributed by atoms with van der Waals surface area (Å²) in [7, 11) is -3.71. The molecule has 122 valence electrons. The van der Waals surface area contributed by atoms with E-state index in [1.54, 1.807) is 54.6 Å². The van der Waals surface area contributed by atoms with Crippen LogP contribution < -0.4 is 4.72 Å². The quantitative estimate of drug-likeness (QED) is 0.747. The zero-order valence-corrected chi connectivity index (χ0v) is 13.6. The van der Waals surface area contributed by atoms with Gasteiger partial charge in [-0.3, -0.25) is 4.72 Å². The van der Waals surface area contributed by atoms with Crippen molar-refractivity contribution in [1.29, 1.82) is 0 Å². The van der Waals surface area contributed by atoms with Gasteiger partial charge in [0, 0.05) is 5.56 Å². The summed E-state index contributed by atoms with van der Waals surface area (Å²) < 4.78 is 27.6. The maximum atomic E-state index is 12.5. The minimum absolute atomic E-state index is 0.175. The zero-order valence-electron chi connectivity index (χ0n) is 12.8. The topological polar surface area (TPSA) is 66.4 Å². The molecule has 0 spiro atoms. The summed E-state index contributed by atoms with van der Waals surface area (Å²) in [5, 5.41) is 10.6. The molecule has 0 fully saturated rings. The molecule has 0 aliphatic rings. The van der Waals surface area contributed by atoms with Crippen LogP contribution in [0.25, 0.3) is 0 Å². The van der Waals surface area contributed by atoms with E-state index in [1.165, 1.54) is 12.1 Å². The first-order valence-electron chi connectivity index (χ1n) is 7.48. The van der Waals surface area contributed by atoms with Crippen LogP contribution in [0, 0.1) is 0 Å². The number of sulfonamides is 1. The van der Waals surface area contributed by atoms with Gasteiger partial charge in [-0.15, -0.1) is 0 Å². The number of benzene rings is 3. The van der Waals surface area contributed by atoms with E-state index in [9.17, 15) is 13.5 Å². The largest absolute Gasteiger partial charge is 0.384 e. The minimum atomic E-state index is -3.71. The molecular formula is C19H17NO3S. The highest BCUT2D eigenvalue weighted by atomic mass is 32.2. The predicted octanol–water partition coefficient (Wildman–Crippen LogP) is 3.57. The van der Waals surface area contributed by atoms with Crippen molar-refractivity contribution in [3.8, 4) is 0 Å². The average molecular weight is 339 g/mol. The van der Waals surface area contributed by atoms with Gasteiger partial charge in [0.2, 0.25) is 0 Å². The first-order chi connectivity index (χ1) is 11.6. The van der Waals surface area contributed by atoms with E-state index in [-0.39, 0.29) is 4.90 Å². The molecule has 3 aromatic rings. The number of hydrogen-bond acceptors (Lipinski definition) is 3. The lowest BCUT2D eigenvalue weighted by molar-refractivity contribution is 0.221. The van der Waals surface area contributed by atoms with Gasteiger partial charge < -0.3 is 5.11 Å². The number of aliphatic hydroxyl groups is 1. The van der Waals surface area contributed by atoms with Crippen molar-refractivity contribution in [3.05, 3.63) is 96.1 Å². The lowest BCUT2D eigenvalue weighted by Crippen LogP contribution is -2.15. The third-order valence-electron chi connectivity index (χ3n) is 3.67. The molecule has 1 unspecified atom stereocenters. The normalized spacial score (nSPS) is 12.5. The number of aliphatic hydroxyl groups excluding tert-OH is 1. The molecule has 0 radical (unpaired) electrons. The number of rotatable bonds is 5. The number of nitrogens with one attached hydrogen (secondary N) is 1. The Hall–Kier alpha value is -2.63. The van der Waals surface area contributed by atoms with Crippen molar-refractivity contribution in [2.75, 3.05) is 4.72 Å². The average Bonchev–Trinajstić information content (AvgIpc) is 2.63. The highest BCUT2D eigenvalue weighted by Gasteiger charge is 2.19. The summed E-state index contributed by atoms with van der Waals surface area (Å²) >= 11 is 0. The molecule has 0 heterocycles. The van der Waals surface area contributed by atoms with Crippen LogP contribution in [0.3, 0.4) is 0 Å². The van der Waals surface area contributed by atoms with Crippen LogP contribution in [0.2, 0.25) is 0 Å². The summed E-state index contributed by atoms with van der Waals surface area (Å²) in [6, 6.07) is 24.1. The molecule has 0 aliphatic carbocycles. The van der Waals surface area contributed by atoms with Crippen LogP contribution in [0.1, 0.15) is 17.2 Å². The Bertz CT molecular complexity index is 910. The van der Waals surface area contributed by atoms with Crippen LogP contribution in [-0.4, -0.2) is 13.5 Å². The highest BCUT2D eigenvalue weighted by molar-refractivity contribution is 7.92. The van der Waals surface area contributed by atoms with E-state index in [0.29, 0.717) is 16.8 Å². The molecule has 1 atom stereocenters. The summed E-state index contributed by atoms with van der Waals surface area (Å²) in [4.78, 5) is 0.175. The SMILES string of the molecule is O=S(=O)(Nc1ccccc1C(O)c1ccccc1)c1ccccc1. The van der Waals surface area contributed by atoms with Gasteiger partial charge in [-0.2, -0.15) is 0 Å². The third kappa shape index (κ3) is 3.48. The van der Waals surface area contributed by atoms with Gasteiger partial charge in [0.15, 0.2) is 0 Å². The smallest absolute Gasteiger partial charge is 0.261 e. The molecule has 0 saturated carbocycles. The van der Waals surface area contributed by atoms with Crippen LogP contribution in [-0.2, 0) is 10.0 Å². The molecule has 5 heteroatoms. The van der Waals surface area contributed by atoms with Crippen LogP contribution in [0.15, 0.2) is 89.8 Å². The van der Waals surface area contributed by atoms with Crippen LogP contribution in [0.4, 0.5) is 5.69 Å². The lowest BCUT2D eigenvalue weighted by atomic mass is 10.0. The fourth-order valence-electron chi connectivity index (χ4n) is 2.45. The first kappa shape index (κ1) is 16.2. The Morgan fingerprint density at radius 3 is 1.96 bits per heavy atom. The van der Waals surface area contributed by atoms with Gasteiger partial charge in [0.1, 0.15) is 6.10 Å². The summed E-state index contributed by atoms with van der Waals surface area (Å²) in [6.07, 6.45) is -0.916. The molecule has 0 saturated heterocycles. The number of para-hydroxylation sites is 1. The Balaban J connectivity index is 1.96. The van der Waals surface area contributed by atoms with Gasteiger partial charge in [-0.05, 0) is 23.8 Å². The molecule has 0 aliphatic heterocycles. The van der Waals surface area contributed by atoms with E-state index in [0.717, 1.165) is 0 Å². The molecular weight excluding hydrogens is 322 g/mol. The van der Waals surface area contributed by atoms with E-state index >= 15 is 0 Å². The minimum Gasteiger partial charge on any atom is -0.384 e. The Kier molecular flexibility index (Phi) is 4.64. The molecule has 2 N–H and O–H groups in total. The molecule has 0 bridgehead atoms. The van der Waals surface area contributed by atoms with Crippen LogP contribution in [0.5, 0.6) is 0 Å². The van der Waals surface area contributed by atoms with Gasteiger partial charge in [0.05, 0.1) is 10.6 Å². The highest BCUT2D eigenvalue weighted by Crippen LogP contribution is 2.29. The van der Waals surface area contributed by atoms with Gasteiger partial charge in [0.25, 0.3) is 10.0 Å². The standard InChI is InChI=1S/C19H17NO3S/c21-19(15-9-3-1-4-10-15)17-13-7-8-14-18(17)20-24(22,23)16-11-5-2-6-12-16/h1-14,19-21H. The number of anilines is 1. The second-order valence-corrected chi connectivity index (χ2v) is 7.00. The molecule has 3 rings (SSSR count). The predicted molar refractivity (Wildman–Crippen MR) is 94.2 cm³/mol. The maximum Gasteiger partial charge on any atom is 0.261 e. The van der Waals surface area contributed by atoms with E-state index in [2.05, 4.69) is 4.72 Å². The van der Waals surface area contributed by atoms with Crippen molar-refractivity contribution in [2.45, 2.75) is 11.0 Å². The number of hydrogen-bond donors (Lipinski definition) is 2. The van der Waals surface area contributed by atoms with Crippen LogP contribution >= 0.6 is 0 Å². The fourth-order valence-corrected chi connectivity index (χ4v) is 3.56. The third-order valence-corrected chi connectivity index (χ3v) is 5.05. The molecule has 0 amide bonds. The Morgan fingerprint density at radius 2 is 1.29 bits per heavy atom. The second kappa shape index (κ2) is 6.86. The van der Waals surface area contributed by atoms with E-state index in [1.807, 2.05) is 18.2 Å². The fraction of sp³-hybridized carbons (Fsp3) is 0.0526. The van der Waals surface area contributed by atoms with Gasteiger partial charge in [-0.25, -0.2) is 8.42 Å². The summed E-state index contributed by atoms with van der Waals surface area (Å²) in [5.74, 6) is 0. The van der Waals surface area contributed by atoms with Crippen molar-refractivity contribution in [3.63, 3.8) is 0 Å². The van der Waals surface area contributed by atoms with Gasteiger partial charge in [-0.1, -0.05) is 66.7 Å². The summed E-state index contributed by atoms with van der Waals surface area (Å²) in [6.45, 7) is 0. The molecule has 24 heavy (non-hydrogen) atoms. The second-order valence-electron chi connectivity index (χ2n) is 5.32. The van der Waals surface area contributed by atoms with E-state index in [4.69, 9.17) is 0 Å². The Morgan fingerprint density at radius 1 is 0.750 bits per heavy atom. The van der Waals surface area contributed by atoms with Crippen molar-refractivity contribution in [2.24, 2.45) is 0 Å². The van der Waals surface area contributed by atoms with Gasteiger partial charge >= 0.3 is 0 Å². The van der Waals surface area contributed by atoms with E-state index < -0.39 is 16.1 Å². The monoisotopic (exact) mass is 339 g/mol. The van der Waals surface area contributed by atoms with Crippen molar-refractivity contribution < 1.29 is 13.5 Å². The van der Waals surface area contributed by atoms with Crippen molar-refractivity contribution >= 4 is 15.7 Å². The summed E-state index contributed by atoms with van der Waals surface area (Å²) in [5.41, 5.74) is 1.56.